The molecule has 1 heterocycles. The third-order valence-electron chi connectivity index (χ3n) is 3.36. The lowest BCUT2D eigenvalue weighted by molar-refractivity contribution is 0.0271. The zero-order valence-corrected chi connectivity index (χ0v) is 13.6. The van der Waals surface area contributed by atoms with Crippen molar-refractivity contribution in [3.05, 3.63) is 35.9 Å². The zero-order chi connectivity index (χ0) is 14.2. The summed E-state index contributed by atoms with van der Waals surface area (Å²) in [7, 11) is 0. The molecule has 20 heavy (non-hydrogen) atoms. The van der Waals surface area contributed by atoms with Crippen molar-refractivity contribution in [3.8, 4) is 0 Å². The second kappa shape index (κ2) is 8.63. The summed E-state index contributed by atoms with van der Waals surface area (Å²) in [4.78, 5) is 12.0. The van der Waals surface area contributed by atoms with Crippen LogP contribution in [0.25, 0.3) is 0 Å². The van der Waals surface area contributed by atoms with Gasteiger partial charge in [-0.2, -0.15) is 0 Å². The fraction of sp³-hybridized carbons (Fsp3) is 0.562. The van der Waals surface area contributed by atoms with E-state index in [9.17, 15) is 4.79 Å². The molecule has 0 unspecified atom stereocenters. The summed E-state index contributed by atoms with van der Waals surface area (Å²) in [5.74, 6) is 2.36. The highest BCUT2D eigenvalue weighted by atomic mass is 32.2. The smallest absolute Gasteiger partial charge is 0.338 e. The Morgan fingerprint density at radius 1 is 1.30 bits per heavy atom. The van der Waals surface area contributed by atoms with E-state index in [1.807, 2.05) is 30.3 Å². The molecule has 1 aliphatic rings. The van der Waals surface area contributed by atoms with Crippen molar-refractivity contribution in [2.24, 2.45) is 0 Å². The van der Waals surface area contributed by atoms with Crippen LogP contribution in [0, 0.1) is 0 Å². The molecule has 0 amide bonds. The predicted molar refractivity (Wildman–Crippen MR) is 88.5 cm³/mol. The largest absolute Gasteiger partial charge is 0.459 e. The third-order valence-corrected chi connectivity index (χ3v) is 6.44. The van der Waals surface area contributed by atoms with Crippen molar-refractivity contribution < 1.29 is 9.53 Å². The van der Waals surface area contributed by atoms with Crippen LogP contribution in [0.4, 0.5) is 0 Å². The summed E-state index contributed by atoms with van der Waals surface area (Å²) in [6, 6.07) is 9.26. The third kappa shape index (κ3) is 5.06. The highest BCUT2D eigenvalue weighted by Crippen LogP contribution is 2.34. The van der Waals surface area contributed by atoms with Gasteiger partial charge < -0.3 is 4.74 Å². The summed E-state index contributed by atoms with van der Waals surface area (Å²) in [6.07, 6.45) is 4.37. The quantitative estimate of drug-likeness (QED) is 0.717. The molecular weight excluding hydrogens is 288 g/mol. The molecule has 1 aromatic rings. The van der Waals surface area contributed by atoms with E-state index in [-0.39, 0.29) is 12.1 Å². The van der Waals surface area contributed by atoms with Crippen LogP contribution in [0.5, 0.6) is 0 Å². The lowest BCUT2D eigenvalue weighted by Gasteiger charge is -2.23. The molecule has 1 atom stereocenters. The molecule has 0 N–H and O–H groups in total. The molecule has 4 heteroatoms. The van der Waals surface area contributed by atoms with Crippen molar-refractivity contribution in [1.82, 2.24) is 0 Å². The maximum atomic E-state index is 12.0. The molecule has 0 bridgehead atoms. The van der Waals surface area contributed by atoms with Crippen LogP contribution in [-0.4, -0.2) is 28.2 Å². The first kappa shape index (κ1) is 15.8. The Labute approximate surface area is 130 Å². The van der Waals surface area contributed by atoms with Crippen molar-refractivity contribution in [2.45, 2.75) is 43.3 Å². The minimum absolute atomic E-state index is 0.0471. The number of esters is 1. The molecule has 1 fully saturated rings. The van der Waals surface area contributed by atoms with Gasteiger partial charge >= 0.3 is 5.97 Å². The number of thioether (sulfide) groups is 2. The van der Waals surface area contributed by atoms with Gasteiger partial charge in [-0.1, -0.05) is 25.1 Å². The van der Waals surface area contributed by atoms with E-state index in [0.717, 1.165) is 19.3 Å². The second-order valence-corrected chi connectivity index (χ2v) is 7.82. The van der Waals surface area contributed by atoms with Crippen LogP contribution >= 0.6 is 23.5 Å². The van der Waals surface area contributed by atoms with Crippen molar-refractivity contribution >= 4 is 29.5 Å². The predicted octanol–water partition coefficient (Wildman–Crippen LogP) is 4.60. The van der Waals surface area contributed by atoms with Gasteiger partial charge in [0.2, 0.25) is 0 Å². The van der Waals surface area contributed by atoms with Crippen molar-refractivity contribution in [1.29, 1.82) is 0 Å². The van der Waals surface area contributed by atoms with Gasteiger partial charge in [-0.3, -0.25) is 0 Å². The minimum Gasteiger partial charge on any atom is -0.459 e. The fourth-order valence-corrected chi connectivity index (χ4v) is 5.06. The van der Waals surface area contributed by atoms with Gasteiger partial charge in [0.25, 0.3) is 0 Å². The van der Waals surface area contributed by atoms with E-state index < -0.39 is 0 Å². The minimum atomic E-state index is -0.193. The summed E-state index contributed by atoms with van der Waals surface area (Å²) >= 11 is 4.11. The molecule has 2 nitrogen and oxygen atoms in total. The van der Waals surface area contributed by atoms with Crippen LogP contribution in [0.2, 0.25) is 0 Å². The van der Waals surface area contributed by atoms with Gasteiger partial charge in [0, 0.05) is 0 Å². The Kier molecular flexibility index (Phi) is 6.80. The average Bonchev–Trinajstić information content (AvgIpc) is 2.53. The van der Waals surface area contributed by atoms with Crippen molar-refractivity contribution in [2.75, 3.05) is 11.5 Å². The van der Waals surface area contributed by atoms with E-state index >= 15 is 0 Å². The van der Waals surface area contributed by atoms with E-state index in [4.69, 9.17) is 4.74 Å². The Morgan fingerprint density at radius 3 is 2.65 bits per heavy atom. The lowest BCUT2D eigenvalue weighted by atomic mass is 10.1. The number of rotatable bonds is 6. The van der Waals surface area contributed by atoms with Crippen LogP contribution in [0.1, 0.15) is 43.0 Å². The monoisotopic (exact) mass is 310 g/mol. The lowest BCUT2D eigenvalue weighted by Crippen LogP contribution is -2.19. The Bertz CT molecular complexity index is 402. The van der Waals surface area contributed by atoms with E-state index in [2.05, 4.69) is 30.4 Å². The van der Waals surface area contributed by atoms with Gasteiger partial charge in [-0.25, -0.2) is 4.79 Å². The van der Waals surface area contributed by atoms with Gasteiger partial charge in [0.15, 0.2) is 0 Å². The Morgan fingerprint density at radius 2 is 2.00 bits per heavy atom. The number of benzene rings is 1. The SMILES string of the molecule is CC[C@@H](CCC1SCCCS1)OC(=O)c1ccccc1. The zero-order valence-electron chi connectivity index (χ0n) is 11.9. The molecule has 0 aromatic heterocycles. The summed E-state index contributed by atoms with van der Waals surface area (Å²) in [5, 5.41) is 0. The number of hydrogen-bond donors (Lipinski definition) is 0. The molecule has 2 rings (SSSR count). The normalized spacial score (nSPS) is 17.6. The molecule has 0 radical (unpaired) electrons. The molecule has 1 saturated heterocycles. The van der Waals surface area contributed by atoms with Gasteiger partial charge in [-0.05, 0) is 49.3 Å². The first-order valence-corrected chi connectivity index (χ1v) is 9.38. The molecular formula is C16H22O2S2. The molecule has 0 aliphatic carbocycles. The Balaban J connectivity index is 1.78. The summed E-state index contributed by atoms with van der Waals surface area (Å²) < 4.78 is 6.31. The standard InChI is InChI=1S/C16H22O2S2/c1-2-14(9-10-15-19-11-6-12-20-15)18-16(17)13-7-4-3-5-8-13/h3-5,7-8,14-15H,2,6,9-12H2,1H3/t14-/m0/s1. The fourth-order valence-electron chi connectivity index (χ4n) is 2.17. The number of hydrogen-bond acceptors (Lipinski definition) is 4. The average molecular weight is 310 g/mol. The maximum Gasteiger partial charge on any atom is 0.338 e. The molecule has 0 saturated carbocycles. The van der Waals surface area contributed by atoms with E-state index in [0.29, 0.717) is 10.1 Å². The van der Waals surface area contributed by atoms with Crippen LogP contribution < -0.4 is 0 Å². The van der Waals surface area contributed by atoms with Crippen LogP contribution in [0.15, 0.2) is 30.3 Å². The van der Waals surface area contributed by atoms with E-state index in [1.54, 1.807) is 0 Å². The molecule has 0 spiro atoms. The van der Waals surface area contributed by atoms with E-state index in [1.165, 1.54) is 17.9 Å². The van der Waals surface area contributed by atoms with Gasteiger partial charge in [0.05, 0.1) is 10.1 Å². The second-order valence-electron chi connectivity index (χ2n) is 4.90. The van der Waals surface area contributed by atoms with Crippen LogP contribution in [-0.2, 0) is 4.74 Å². The van der Waals surface area contributed by atoms with Crippen molar-refractivity contribution in [3.63, 3.8) is 0 Å². The molecule has 1 aromatic carbocycles. The topological polar surface area (TPSA) is 26.3 Å². The Hall–Kier alpha value is -0.610. The highest BCUT2D eigenvalue weighted by Gasteiger charge is 2.19. The molecule has 1 aliphatic heterocycles. The van der Waals surface area contributed by atoms with Gasteiger partial charge in [0.1, 0.15) is 6.10 Å². The van der Waals surface area contributed by atoms with Crippen LogP contribution in [0.3, 0.4) is 0 Å². The maximum absolute atomic E-state index is 12.0. The number of ether oxygens (including phenoxy) is 1. The highest BCUT2D eigenvalue weighted by molar-refractivity contribution is 8.17. The summed E-state index contributed by atoms with van der Waals surface area (Å²) in [6.45, 7) is 2.09. The first-order valence-electron chi connectivity index (χ1n) is 7.29. The first-order chi connectivity index (χ1) is 9.79. The number of carbonyl (C=O) groups excluding carboxylic acids is 1. The van der Waals surface area contributed by atoms with Gasteiger partial charge in [-0.15, -0.1) is 23.5 Å². The number of carbonyl (C=O) groups is 1. The molecule has 110 valence electrons. The summed E-state index contributed by atoms with van der Waals surface area (Å²) in [5.41, 5.74) is 0.646.